The minimum atomic E-state index is 0.152. The van der Waals surface area contributed by atoms with Crippen LogP contribution in [-0.4, -0.2) is 28.9 Å². The SMILES string of the molecule is CCCCCCN(CCCCCC)C(=O)c1cc(-c2cccs2)nc2ccccc12. The number of fused-ring (bicyclic) bond motifs is 1. The fourth-order valence-corrected chi connectivity index (χ4v) is 4.53. The first kappa shape index (κ1) is 22.5. The molecule has 2 aromatic heterocycles. The Hall–Kier alpha value is -2.20. The van der Waals surface area contributed by atoms with Crippen molar-refractivity contribution in [3.8, 4) is 10.6 Å². The van der Waals surface area contributed by atoms with Crippen molar-refractivity contribution in [3.63, 3.8) is 0 Å². The van der Waals surface area contributed by atoms with Crippen LogP contribution in [0, 0.1) is 0 Å². The molecule has 3 rings (SSSR count). The molecular weight excluding hydrogens is 388 g/mol. The summed E-state index contributed by atoms with van der Waals surface area (Å²) >= 11 is 1.66. The van der Waals surface area contributed by atoms with Crippen LogP contribution in [-0.2, 0) is 0 Å². The van der Waals surface area contributed by atoms with Gasteiger partial charge in [-0.15, -0.1) is 11.3 Å². The molecular formula is C26H34N2OS. The van der Waals surface area contributed by atoms with Crippen LogP contribution in [0.5, 0.6) is 0 Å². The van der Waals surface area contributed by atoms with E-state index in [9.17, 15) is 4.79 Å². The van der Waals surface area contributed by atoms with Crippen molar-refractivity contribution in [2.24, 2.45) is 0 Å². The van der Waals surface area contributed by atoms with E-state index < -0.39 is 0 Å². The Morgan fingerprint density at radius 2 is 1.60 bits per heavy atom. The second kappa shape index (κ2) is 11.8. The number of thiophene rings is 1. The van der Waals surface area contributed by atoms with E-state index in [-0.39, 0.29) is 5.91 Å². The van der Waals surface area contributed by atoms with Crippen molar-refractivity contribution in [3.05, 3.63) is 53.4 Å². The maximum atomic E-state index is 13.7. The molecule has 1 aromatic carbocycles. The molecule has 0 unspecified atom stereocenters. The fourth-order valence-electron chi connectivity index (χ4n) is 3.85. The topological polar surface area (TPSA) is 33.2 Å². The second-order valence-electron chi connectivity index (χ2n) is 7.96. The van der Waals surface area contributed by atoms with Crippen molar-refractivity contribution >= 4 is 28.1 Å². The van der Waals surface area contributed by atoms with Crippen molar-refractivity contribution < 1.29 is 4.79 Å². The molecule has 0 radical (unpaired) electrons. The molecule has 3 nitrogen and oxygen atoms in total. The van der Waals surface area contributed by atoms with E-state index in [1.54, 1.807) is 11.3 Å². The first-order chi connectivity index (χ1) is 14.7. The van der Waals surface area contributed by atoms with Gasteiger partial charge in [0.15, 0.2) is 0 Å². The van der Waals surface area contributed by atoms with Gasteiger partial charge in [0.1, 0.15) is 0 Å². The van der Waals surface area contributed by atoms with Gasteiger partial charge < -0.3 is 4.90 Å². The smallest absolute Gasteiger partial charge is 0.254 e. The van der Waals surface area contributed by atoms with Crippen LogP contribution < -0.4 is 0 Å². The van der Waals surface area contributed by atoms with Crippen molar-refractivity contribution in [2.45, 2.75) is 65.2 Å². The molecule has 30 heavy (non-hydrogen) atoms. The van der Waals surface area contributed by atoms with Gasteiger partial charge in [0.05, 0.1) is 21.7 Å². The number of aromatic nitrogens is 1. The van der Waals surface area contributed by atoms with Crippen LogP contribution in [0.1, 0.15) is 75.6 Å². The van der Waals surface area contributed by atoms with E-state index in [1.807, 2.05) is 36.4 Å². The zero-order chi connectivity index (χ0) is 21.2. The van der Waals surface area contributed by atoms with Crippen LogP contribution in [0.4, 0.5) is 0 Å². The van der Waals surface area contributed by atoms with Gasteiger partial charge in [-0.2, -0.15) is 0 Å². The average molecular weight is 423 g/mol. The molecule has 0 aliphatic carbocycles. The lowest BCUT2D eigenvalue weighted by Crippen LogP contribution is -2.33. The quantitative estimate of drug-likeness (QED) is 0.282. The van der Waals surface area contributed by atoms with E-state index in [2.05, 4.69) is 30.2 Å². The third kappa shape index (κ3) is 5.91. The predicted octanol–water partition coefficient (Wildman–Crippen LogP) is 7.57. The summed E-state index contributed by atoms with van der Waals surface area (Å²) in [5.74, 6) is 0.152. The Balaban J connectivity index is 1.89. The summed E-state index contributed by atoms with van der Waals surface area (Å²) in [5, 5.41) is 3.01. The molecule has 0 aliphatic heterocycles. The van der Waals surface area contributed by atoms with E-state index >= 15 is 0 Å². The Bertz CT molecular complexity index is 908. The number of carbonyl (C=O) groups excluding carboxylic acids is 1. The summed E-state index contributed by atoms with van der Waals surface area (Å²) in [7, 11) is 0. The number of nitrogens with zero attached hydrogens (tertiary/aromatic N) is 2. The number of unbranched alkanes of at least 4 members (excludes halogenated alkanes) is 6. The van der Waals surface area contributed by atoms with E-state index in [1.165, 1.54) is 38.5 Å². The molecule has 0 spiro atoms. The highest BCUT2D eigenvalue weighted by Crippen LogP contribution is 2.28. The van der Waals surface area contributed by atoms with E-state index in [0.29, 0.717) is 0 Å². The number of para-hydroxylation sites is 1. The van der Waals surface area contributed by atoms with Crippen molar-refractivity contribution in [2.75, 3.05) is 13.1 Å². The van der Waals surface area contributed by atoms with E-state index in [4.69, 9.17) is 4.98 Å². The van der Waals surface area contributed by atoms with Gasteiger partial charge in [-0.3, -0.25) is 4.79 Å². The molecule has 0 bridgehead atoms. The minimum absolute atomic E-state index is 0.152. The number of amides is 1. The van der Waals surface area contributed by atoms with Gasteiger partial charge >= 0.3 is 0 Å². The van der Waals surface area contributed by atoms with Crippen LogP contribution in [0.25, 0.3) is 21.5 Å². The lowest BCUT2D eigenvalue weighted by Gasteiger charge is -2.24. The van der Waals surface area contributed by atoms with Crippen LogP contribution in [0.2, 0.25) is 0 Å². The average Bonchev–Trinajstić information content (AvgIpc) is 3.32. The number of rotatable bonds is 12. The molecule has 0 atom stereocenters. The molecule has 0 aliphatic rings. The first-order valence-corrected chi connectivity index (χ1v) is 12.4. The zero-order valence-corrected chi connectivity index (χ0v) is 19.2. The summed E-state index contributed by atoms with van der Waals surface area (Å²) in [5.41, 5.74) is 2.57. The maximum absolute atomic E-state index is 13.7. The maximum Gasteiger partial charge on any atom is 0.254 e. The molecule has 160 valence electrons. The van der Waals surface area contributed by atoms with Gasteiger partial charge in [-0.05, 0) is 36.4 Å². The monoisotopic (exact) mass is 422 g/mol. The van der Waals surface area contributed by atoms with Crippen LogP contribution in [0.15, 0.2) is 47.8 Å². The number of hydrogen-bond donors (Lipinski definition) is 0. The molecule has 1 amide bonds. The fraction of sp³-hybridized carbons (Fsp3) is 0.462. The number of pyridine rings is 1. The third-order valence-electron chi connectivity index (χ3n) is 5.57. The number of benzene rings is 1. The largest absolute Gasteiger partial charge is 0.339 e. The third-order valence-corrected chi connectivity index (χ3v) is 6.46. The van der Waals surface area contributed by atoms with Crippen molar-refractivity contribution in [1.82, 2.24) is 9.88 Å². The van der Waals surface area contributed by atoms with Gasteiger partial charge in [0.2, 0.25) is 0 Å². The highest BCUT2D eigenvalue weighted by atomic mass is 32.1. The molecule has 4 heteroatoms. The Kier molecular flexibility index (Phi) is 8.88. The Morgan fingerprint density at radius 3 is 2.23 bits per heavy atom. The number of hydrogen-bond acceptors (Lipinski definition) is 3. The summed E-state index contributed by atoms with van der Waals surface area (Å²) in [4.78, 5) is 21.7. The van der Waals surface area contributed by atoms with E-state index in [0.717, 1.165) is 53.0 Å². The first-order valence-electron chi connectivity index (χ1n) is 11.5. The lowest BCUT2D eigenvalue weighted by molar-refractivity contribution is 0.0751. The van der Waals surface area contributed by atoms with Gasteiger partial charge in [-0.1, -0.05) is 76.6 Å². The predicted molar refractivity (Wildman–Crippen MR) is 129 cm³/mol. The molecule has 0 fully saturated rings. The van der Waals surface area contributed by atoms with Crippen LogP contribution in [0.3, 0.4) is 0 Å². The highest BCUT2D eigenvalue weighted by molar-refractivity contribution is 7.13. The minimum Gasteiger partial charge on any atom is -0.339 e. The second-order valence-corrected chi connectivity index (χ2v) is 8.91. The summed E-state index contributed by atoms with van der Waals surface area (Å²) < 4.78 is 0. The summed E-state index contributed by atoms with van der Waals surface area (Å²) in [6, 6.07) is 14.1. The summed E-state index contributed by atoms with van der Waals surface area (Å²) in [6.07, 6.45) is 9.42. The molecule has 2 heterocycles. The summed E-state index contributed by atoms with van der Waals surface area (Å²) in [6.45, 7) is 6.14. The van der Waals surface area contributed by atoms with Crippen molar-refractivity contribution in [1.29, 1.82) is 0 Å². The Morgan fingerprint density at radius 1 is 0.900 bits per heavy atom. The van der Waals surface area contributed by atoms with Gasteiger partial charge in [0, 0.05) is 18.5 Å². The highest BCUT2D eigenvalue weighted by Gasteiger charge is 2.20. The molecule has 0 N–H and O–H groups in total. The zero-order valence-electron chi connectivity index (χ0n) is 18.4. The van der Waals surface area contributed by atoms with Crippen LogP contribution >= 0.6 is 11.3 Å². The molecule has 0 saturated carbocycles. The van der Waals surface area contributed by atoms with Gasteiger partial charge in [-0.25, -0.2) is 4.98 Å². The number of carbonyl (C=O) groups is 1. The molecule has 0 saturated heterocycles. The molecule has 3 aromatic rings. The van der Waals surface area contributed by atoms with Gasteiger partial charge in [0.25, 0.3) is 5.91 Å². The normalized spacial score (nSPS) is 11.1. The standard InChI is InChI=1S/C26H34N2OS/c1-3-5-7-11-17-28(18-12-8-6-4-2)26(29)22-20-24(25-16-13-19-30-25)27-23-15-10-9-14-21(22)23/h9-10,13-16,19-20H,3-8,11-12,17-18H2,1-2H3. The lowest BCUT2D eigenvalue weighted by atomic mass is 10.0. The Labute approximate surface area is 185 Å².